The zero-order chi connectivity index (χ0) is 12.8. The van der Waals surface area contributed by atoms with Crippen molar-refractivity contribution >= 4 is 11.8 Å². The summed E-state index contributed by atoms with van der Waals surface area (Å²) in [7, 11) is 0. The largest absolute Gasteiger partial charge is 0.277 e. The normalized spacial score (nSPS) is 10.4. The molecular formula is C12H13F2NO2. The van der Waals surface area contributed by atoms with E-state index < -0.39 is 24.8 Å². The van der Waals surface area contributed by atoms with Gasteiger partial charge in [0.1, 0.15) is 0 Å². The molecule has 17 heavy (non-hydrogen) atoms. The van der Waals surface area contributed by atoms with Crippen molar-refractivity contribution in [3.05, 3.63) is 35.9 Å². The molecule has 0 aliphatic heterocycles. The van der Waals surface area contributed by atoms with E-state index in [1.54, 1.807) is 30.3 Å². The number of rotatable bonds is 4. The molecule has 0 aliphatic rings. The Morgan fingerprint density at radius 1 is 1.24 bits per heavy atom. The van der Waals surface area contributed by atoms with Gasteiger partial charge in [0.2, 0.25) is 11.8 Å². The van der Waals surface area contributed by atoms with E-state index in [1.165, 1.54) is 0 Å². The fourth-order valence-electron chi connectivity index (χ4n) is 1.41. The molecule has 0 heterocycles. The topological polar surface area (TPSA) is 37.4 Å². The summed E-state index contributed by atoms with van der Waals surface area (Å²) in [5, 5.41) is 0. The predicted molar refractivity (Wildman–Crippen MR) is 58.5 cm³/mol. The molecule has 0 unspecified atom stereocenters. The SMILES string of the molecule is CC(=O)N(CC(F)F)C(=O)Cc1ccccc1. The van der Waals surface area contributed by atoms with Gasteiger partial charge in [-0.25, -0.2) is 8.78 Å². The molecule has 0 aromatic heterocycles. The molecule has 0 saturated heterocycles. The molecule has 5 heteroatoms. The number of carbonyl (C=O) groups excluding carboxylic acids is 2. The fourth-order valence-corrected chi connectivity index (χ4v) is 1.41. The summed E-state index contributed by atoms with van der Waals surface area (Å²) in [6.45, 7) is 0.256. The molecule has 3 nitrogen and oxygen atoms in total. The van der Waals surface area contributed by atoms with E-state index in [4.69, 9.17) is 0 Å². The van der Waals surface area contributed by atoms with Gasteiger partial charge in [0.25, 0.3) is 6.43 Å². The summed E-state index contributed by atoms with van der Waals surface area (Å²) in [5.74, 6) is -1.27. The summed E-state index contributed by atoms with van der Waals surface area (Å²) in [6.07, 6.45) is -2.76. The van der Waals surface area contributed by atoms with E-state index >= 15 is 0 Å². The number of carbonyl (C=O) groups is 2. The summed E-state index contributed by atoms with van der Waals surface area (Å²) in [4.78, 5) is 23.3. The lowest BCUT2D eigenvalue weighted by Crippen LogP contribution is -2.39. The first-order valence-electron chi connectivity index (χ1n) is 5.13. The molecule has 92 valence electrons. The second-order valence-corrected chi connectivity index (χ2v) is 3.58. The van der Waals surface area contributed by atoms with Gasteiger partial charge in [-0.1, -0.05) is 30.3 Å². The molecular weight excluding hydrogens is 228 g/mol. The van der Waals surface area contributed by atoms with Crippen LogP contribution in [-0.4, -0.2) is 29.7 Å². The van der Waals surface area contributed by atoms with E-state index in [1.807, 2.05) is 0 Å². The Kier molecular flexibility index (Phi) is 4.75. The van der Waals surface area contributed by atoms with Crippen molar-refractivity contribution in [2.75, 3.05) is 6.54 Å². The molecule has 0 spiro atoms. The Bertz CT molecular complexity index is 393. The number of nitrogens with zero attached hydrogens (tertiary/aromatic N) is 1. The molecule has 1 aromatic rings. The first-order chi connectivity index (χ1) is 8.00. The first-order valence-corrected chi connectivity index (χ1v) is 5.13. The van der Waals surface area contributed by atoms with Crippen LogP contribution in [0.1, 0.15) is 12.5 Å². The molecule has 0 aliphatic carbocycles. The monoisotopic (exact) mass is 241 g/mol. The van der Waals surface area contributed by atoms with Gasteiger partial charge in [-0.3, -0.25) is 14.5 Å². The Labute approximate surface area is 98.0 Å². The van der Waals surface area contributed by atoms with E-state index in [0.717, 1.165) is 6.92 Å². The summed E-state index contributed by atoms with van der Waals surface area (Å²) >= 11 is 0. The van der Waals surface area contributed by atoms with Crippen molar-refractivity contribution < 1.29 is 18.4 Å². The van der Waals surface area contributed by atoms with Crippen molar-refractivity contribution in [1.29, 1.82) is 0 Å². The highest BCUT2D eigenvalue weighted by Gasteiger charge is 2.21. The average Bonchev–Trinajstić information content (AvgIpc) is 2.26. The second kappa shape index (κ2) is 6.08. The maximum absolute atomic E-state index is 12.2. The minimum absolute atomic E-state index is 0.0485. The van der Waals surface area contributed by atoms with Gasteiger partial charge in [-0.05, 0) is 5.56 Å². The number of imide groups is 1. The Balaban J connectivity index is 2.69. The third kappa shape index (κ3) is 4.30. The van der Waals surface area contributed by atoms with Gasteiger partial charge in [0.05, 0.1) is 13.0 Å². The standard InChI is InChI=1S/C12H13F2NO2/c1-9(16)15(8-11(13)14)12(17)7-10-5-3-2-4-6-10/h2-6,11H,7-8H2,1H3. The van der Waals surface area contributed by atoms with Crippen molar-refractivity contribution in [2.45, 2.75) is 19.8 Å². The molecule has 0 radical (unpaired) electrons. The van der Waals surface area contributed by atoms with Crippen LogP contribution in [0, 0.1) is 0 Å². The number of benzene rings is 1. The van der Waals surface area contributed by atoms with E-state index in [-0.39, 0.29) is 6.42 Å². The third-order valence-corrected chi connectivity index (χ3v) is 2.20. The summed E-state index contributed by atoms with van der Waals surface area (Å²) in [6, 6.07) is 8.69. The lowest BCUT2D eigenvalue weighted by atomic mass is 10.1. The molecule has 0 atom stereocenters. The van der Waals surface area contributed by atoms with E-state index in [0.29, 0.717) is 10.5 Å². The smallest absolute Gasteiger partial charge is 0.256 e. The average molecular weight is 241 g/mol. The number of amides is 2. The van der Waals surface area contributed by atoms with E-state index in [2.05, 4.69) is 0 Å². The summed E-state index contributed by atoms with van der Waals surface area (Å²) < 4.78 is 24.4. The Morgan fingerprint density at radius 2 is 1.82 bits per heavy atom. The lowest BCUT2D eigenvalue weighted by Gasteiger charge is -2.18. The van der Waals surface area contributed by atoms with Crippen molar-refractivity contribution in [3.8, 4) is 0 Å². The van der Waals surface area contributed by atoms with Crippen molar-refractivity contribution in [1.82, 2.24) is 4.90 Å². The van der Waals surface area contributed by atoms with Crippen LogP contribution in [0.4, 0.5) is 8.78 Å². The van der Waals surface area contributed by atoms with Crippen LogP contribution in [-0.2, 0) is 16.0 Å². The van der Waals surface area contributed by atoms with Crippen LogP contribution in [0.15, 0.2) is 30.3 Å². The van der Waals surface area contributed by atoms with Crippen LogP contribution in [0.5, 0.6) is 0 Å². The maximum Gasteiger partial charge on any atom is 0.256 e. The molecule has 1 aromatic carbocycles. The van der Waals surface area contributed by atoms with Gasteiger partial charge in [-0.2, -0.15) is 0 Å². The number of halogens is 2. The van der Waals surface area contributed by atoms with Crippen molar-refractivity contribution in [2.24, 2.45) is 0 Å². The predicted octanol–water partition coefficient (Wildman–Crippen LogP) is 1.87. The first kappa shape index (κ1) is 13.3. The second-order valence-electron chi connectivity index (χ2n) is 3.58. The highest BCUT2D eigenvalue weighted by molar-refractivity contribution is 5.95. The van der Waals surface area contributed by atoms with Gasteiger partial charge in [0.15, 0.2) is 0 Å². The lowest BCUT2D eigenvalue weighted by molar-refractivity contribution is -0.145. The number of alkyl halides is 2. The fraction of sp³-hybridized carbons (Fsp3) is 0.333. The maximum atomic E-state index is 12.2. The molecule has 2 amide bonds. The highest BCUT2D eigenvalue weighted by Crippen LogP contribution is 2.05. The third-order valence-electron chi connectivity index (χ3n) is 2.20. The minimum Gasteiger partial charge on any atom is -0.277 e. The van der Waals surface area contributed by atoms with Gasteiger partial charge < -0.3 is 0 Å². The van der Waals surface area contributed by atoms with Gasteiger partial charge in [-0.15, -0.1) is 0 Å². The van der Waals surface area contributed by atoms with Gasteiger partial charge in [0, 0.05) is 6.92 Å². The minimum atomic E-state index is -2.71. The Hall–Kier alpha value is -1.78. The number of hydrogen-bond acceptors (Lipinski definition) is 2. The van der Waals surface area contributed by atoms with E-state index in [9.17, 15) is 18.4 Å². The van der Waals surface area contributed by atoms with Crippen LogP contribution in [0.25, 0.3) is 0 Å². The zero-order valence-electron chi connectivity index (χ0n) is 9.40. The van der Waals surface area contributed by atoms with Gasteiger partial charge >= 0.3 is 0 Å². The molecule has 1 rings (SSSR count). The molecule has 0 fully saturated rings. The van der Waals surface area contributed by atoms with Crippen LogP contribution in [0.2, 0.25) is 0 Å². The number of hydrogen-bond donors (Lipinski definition) is 0. The zero-order valence-corrected chi connectivity index (χ0v) is 9.40. The summed E-state index contributed by atoms with van der Waals surface area (Å²) in [5.41, 5.74) is 0.693. The van der Waals surface area contributed by atoms with Crippen LogP contribution >= 0.6 is 0 Å². The molecule has 0 N–H and O–H groups in total. The highest BCUT2D eigenvalue weighted by atomic mass is 19.3. The Morgan fingerprint density at radius 3 is 2.29 bits per heavy atom. The molecule has 0 saturated carbocycles. The quantitative estimate of drug-likeness (QED) is 0.807. The van der Waals surface area contributed by atoms with Crippen LogP contribution < -0.4 is 0 Å². The van der Waals surface area contributed by atoms with Crippen LogP contribution in [0.3, 0.4) is 0 Å². The molecule has 0 bridgehead atoms. The van der Waals surface area contributed by atoms with Crippen molar-refractivity contribution in [3.63, 3.8) is 0 Å².